The van der Waals surface area contributed by atoms with Crippen LogP contribution in [0, 0.1) is 11.6 Å². The predicted molar refractivity (Wildman–Crippen MR) is 102 cm³/mol. The van der Waals surface area contributed by atoms with Crippen LogP contribution in [-0.4, -0.2) is 26.4 Å². The van der Waals surface area contributed by atoms with Crippen LogP contribution in [0.1, 0.15) is 6.92 Å². The van der Waals surface area contributed by atoms with Crippen molar-refractivity contribution in [2.75, 3.05) is 11.1 Å². The lowest BCUT2D eigenvalue weighted by Crippen LogP contribution is -2.15. The number of halogens is 3. The lowest BCUT2D eigenvalue weighted by Gasteiger charge is -2.08. The molecule has 1 aromatic heterocycles. The molecule has 0 aliphatic rings. The van der Waals surface area contributed by atoms with Gasteiger partial charge in [0.25, 0.3) is 0 Å². The molecule has 0 fully saturated rings. The highest BCUT2D eigenvalue weighted by Crippen LogP contribution is 2.25. The van der Waals surface area contributed by atoms with Crippen molar-refractivity contribution < 1.29 is 13.6 Å². The summed E-state index contributed by atoms with van der Waals surface area (Å²) in [7, 11) is 0. The molecule has 27 heavy (non-hydrogen) atoms. The summed E-state index contributed by atoms with van der Waals surface area (Å²) in [5.74, 6) is -1.28. The molecule has 0 radical (unpaired) electrons. The number of carbonyl (C=O) groups excluding carboxylic acids is 1. The Hall–Kier alpha value is -2.45. The Balaban J connectivity index is 1.69. The Kier molecular flexibility index (Phi) is 6.08. The van der Waals surface area contributed by atoms with Crippen molar-refractivity contribution in [3.05, 3.63) is 59.1 Å². The summed E-state index contributed by atoms with van der Waals surface area (Å²) in [6.07, 6.45) is 0. The van der Waals surface area contributed by atoms with E-state index in [1.807, 2.05) is 23.6 Å². The van der Waals surface area contributed by atoms with E-state index in [9.17, 15) is 13.6 Å². The van der Waals surface area contributed by atoms with Crippen molar-refractivity contribution in [2.24, 2.45) is 0 Å². The van der Waals surface area contributed by atoms with Crippen molar-refractivity contribution in [3.63, 3.8) is 0 Å². The van der Waals surface area contributed by atoms with Gasteiger partial charge < -0.3 is 9.88 Å². The second-order valence-corrected chi connectivity index (χ2v) is 6.90. The first kappa shape index (κ1) is 19.3. The van der Waals surface area contributed by atoms with E-state index in [-0.39, 0.29) is 11.4 Å². The Morgan fingerprint density at radius 1 is 1.19 bits per heavy atom. The van der Waals surface area contributed by atoms with Crippen LogP contribution < -0.4 is 5.32 Å². The van der Waals surface area contributed by atoms with Gasteiger partial charge >= 0.3 is 0 Å². The molecule has 0 saturated carbocycles. The van der Waals surface area contributed by atoms with Gasteiger partial charge in [-0.3, -0.25) is 4.79 Å². The lowest BCUT2D eigenvalue weighted by atomic mass is 10.2. The van der Waals surface area contributed by atoms with Gasteiger partial charge in [0.05, 0.1) is 11.4 Å². The summed E-state index contributed by atoms with van der Waals surface area (Å²) in [4.78, 5) is 12.1. The number of rotatable bonds is 6. The SMILES string of the molecule is CCn1c(SCC(=O)Nc2ccc(F)cc2F)nnc1-c1ccc(Cl)cc1. The van der Waals surface area contributed by atoms with Gasteiger partial charge in [-0.2, -0.15) is 0 Å². The number of benzene rings is 2. The van der Waals surface area contributed by atoms with Crippen LogP contribution in [0.5, 0.6) is 0 Å². The Labute approximate surface area is 163 Å². The number of thioether (sulfide) groups is 1. The van der Waals surface area contributed by atoms with Crippen molar-refractivity contribution in [2.45, 2.75) is 18.6 Å². The number of anilines is 1. The van der Waals surface area contributed by atoms with Crippen LogP contribution in [0.25, 0.3) is 11.4 Å². The highest BCUT2D eigenvalue weighted by atomic mass is 35.5. The zero-order chi connectivity index (χ0) is 19.4. The van der Waals surface area contributed by atoms with Crippen LogP contribution in [-0.2, 0) is 11.3 Å². The van der Waals surface area contributed by atoms with Crippen LogP contribution in [0.2, 0.25) is 5.02 Å². The maximum Gasteiger partial charge on any atom is 0.234 e. The minimum absolute atomic E-state index is 0.00949. The maximum atomic E-state index is 13.6. The smallest absolute Gasteiger partial charge is 0.234 e. The molecular formula is C18H15ClF2N4OS. The normalized spacial score (nSPS) is 10.8. The third-order valence-electron chi connectivity index (χ3n) is 3.67. The topological polar surface area (TPSA) is 59.8 Å². The summed E-state index contributed by atoms with van der Waals surface area (Å²) in [5.41, 5.74) is 0.791. The standard InChI is InChI=1S/C18H15ClF2N4OS/c1-2-25-17(11-3-5-12(19)6-4-11)23-24-18(25)27-10-16(26)22-15-8-7-13(20)9-14(15)21/h3-9H,2,10H2,1H3,(H,22,26). The third kappa shape index (κ3) is 4.64. The largest absolute Gasteiger partial charge is 0.323 e. The quantitative estimate of drug-likeness (QED) is 0.604. The zero-order valence-electron chi connectivity index (χ0n) is 14.2. The molecule has 1 amide bonds. The number of amides is 1. The first-order chi connectivity index (χ1) is 13.0. The second-order valence-electron chi connectivity index (χ2n) is 5.52. The van der Waals surface area contributed by atoms with Crippen molar-refractivity contribution in [3.8, 4) is 11.4 Å². The first-order valence-corrected chi connectivity index (χ1v) is 9.41. The van der Waals surface area contributed by atoms with E-state index < -0.39 is 17.5 Å². The van der Waals surface area contributed by atoms with E-state index in [2.05, 4.69) is 15.5 Å². The summed E-state index contributed by atoms with van der Waals surface area (Å²) >= 11 is 7.09. The van der Waals surface area contributed by atoms with E-state index in [1.165, 1.54) is 17.8 Å². The number of nitrogens with one attached hydrogen (secondary N) is 1. The Bertz CT molecular complexity index is 962. The maximum absolute atomic E-state index is 13.6. The van der Waals surface area contributed by atoms with Crippen LogP contribution in [0.4, 0.5) is 14.5 Å². The summed E-state index contributed by atoms with van der Waals surface area (Å²) in [6, 6.07) is 10.2. The molecule has 9 heteroatoms. The molecule has 140 valence electrons. The molecule has 0 bridgehead atoms. The minimum Gasteiger partial charge on any atom is -0.323 e. The fourth-order valence-corrected chi connectivity index (χ4v) is 3.33. The molecule has 0 spiro atoms. The number of hydrogen-bond acceptors (Lipinski definition) is 4. The monoisotopic (exact) mass is 408 g/mol. The van der Waals surface area contributed by atoms with Crippen LogP contribution >= 0.6 is 23.4 Å². The molecule has 0 unspecified atom stereocenters. The minimum atomic E-state index is -0.824. The third-order valence-corrected chi connectivity index (χ3v) is 4.89. The molecule has 2 aromatic carbocycles. The van der Waals surface area contributed by atoms with Gasteiger partial charge in [0.1, 0.15) is 11.6 Å². The van der Waals surface area contributed by atoms with Gasteiger partial charge in [0.15, 0.2) is 11.0 Å². The van der Waals surface area contributed by atoms with Crippen molar-refractivity contribution in [1.82, 2.24) is 14.8 Å². The molecule has 0 aliphatic carbocycles. The van der Waals surface area contributed by atoms with Crippen LogP contribution in [0.3, 0.4) is 0 Å². The Morgan fingerprint density at radius 3 is 2.59 bits per heavy atom. The van der Waals surface area contributed by atoms with Gasteiger partial charge in [-0.25, -0.2) is 8.78 Å². The molecule has 0 aliphatic heterocycles. The van der Waals surface area contributed by atoms with Gasteiger partial charge in [-0.15, -0.1) is 10.2 Å². The summed E-state index contributed by atoms with van der Waals surface area (Å²) < 4.78 is 28.4. The summed E-state index contributed by atoms with van der Waals surface area (Å²) in [5, 5.41) is 11.9. The van der Waals surface area contributed by atoms with Gasteiger partial charge in [-0.1, -0.05) is 23.4 Å². The van der Waals surface area contributed by atoms with Crippen LogP contribution in [0.15, 0.2) is 47.6 Å². The van der Waals surface area contributed by atoms with E-state index in [4.69, 9.17) is 11.6 Å². The fraction of sp³-hybridized carbons (Fsp3) is 0.167. The average molecular weight is 409 g/mol. The molecule has 3 aromatic rings. The molecule has 0 saturated heterocycles. The molecular weight excluding hydrogens is 394 g/mol. The first-order valence-electron chi connectivity index (χ1n) is 8.04. The highest BCUT2D eigenvalue weighted by molar-refractivity contribution is 7.99. The van der Waals surface area contributed by atoms with E-state index in [1.54, 1.807) is 12.1 Å². The van der Waals surface area contributed by atoms with E-state index in [0.29, 0.717) is 22.5 Å². The predicted octanol–water partition coefficient (Wildman–Crippen LogP) is 4.63. The molecule has 5 nitrogen and oxygen atoms in total. The summed E-state index contributed by atoms with van der Waals surface area (Å²) in [6.45, 7) is 2.56. The highest BCUT2D eigenvalue weighted by Gasteiger charge is 2.15. The fourth-order valence-electron chi connectivity index (χ4n) is 2.40. The van der Waals surface area contributed by atoms with Gasteiger partial charge in [0, 0.05) is 23.2 Å². The second kappa shape index (κ2) is 8.49. The molecule has 1 heterocycles. The number of hydrogen-bond donors (Lipinski definition) is 1. The average Bonchev–Trinajstić information content (AvgIpc) is 3.06. The number of nitrogens with zero attached hydrogens (tertiary/aromatic N) is 3. The molecule has 0 atom stereocenters. The molecule has 1 N–H and O–H groups in total. The lowest BCUT2D eigenvalue weighted by molar-refractivity contribution is -0.113. The Morgan fingerprint density at radius 2 is 1.93 bits per heavy atom. The van der Waals surface area contributed by atoms with Gasteiger partial charge in [0.2, 0.25) is 5.91 Å². The van der Waals surface area contributed by atoms with Crippen molar-refractivity contribution >= 4 is 35.0 Å². The zero-order valence-corrected chi connectivity index (χ0v) is 15.8. The molecule has 3 rings (SSSR count). The van der Waals surface area contributed by atoms with Crippen molar-refractivity contribution in [1.29, 1.82) is 0 Å². The van der Waals surface area contributed by atoms with E-state index in [0.717, 1.165) is 17.7 Å². The number of aromatic nitrogens is 3. The van der Waals surface area contributed by atoms with Gasteiger partial charge in [-0.05, 0) is 43.3 Å². The van der Waals surface area contributed by atoms with E-state index >= 15 is 0 Å². The number of carbonyl (C=O) groups is 1.